The first kappa shape index (κ1) is 16.3. The average Bonchev–Trinajstić information content (AvgIpc) is 2.52. The average molecular weight is 292 g/mol. The molecule has 2 amide bonds. The summed E-state index contributed by atoms with van der Waals surface area (Å²) in [6, 6.07) is 9.21. The standard InChI is InChI=1S/C14H16N2O5/c1-20-13(9-5-8-12(17)16-19)15-14(18)21-10-11-6-3-2-4-7-11/h2-9,19H,10H2,1H3,(H,15,18)(H,16,17)/b8-5+,13-9-. The highest BCUT2D eigenvalue weighted by Crippen LogP contribution is 2.01. The molecule has 0 spiro atoms. The van der Waals surface area contributed by atoms with Gasteiger partial charge in [0.15, 0.2) is 5.88 Å². The summed E-state index contributed by atoms with van der Waals surface area (Å²) in [6.07, 6.45) is 2.99. The van der Waals surface area contributed by atoms with Crippen molar-refractivity contribution < 1.29 is 24.3 Å². The predicted molar refractivity (Wildman–Crippen MR) is 73.9 cm³/mol. The molecule has 3 N–H and O–H groups in total. The Labute approximate surface area is 121 Å². The van der Waals surface area contributed by atoms with Gasteiger partial charge in [-0.15, -0.1) is 0 Å². The Morgan fingerprint density at radius 3 is 2.62 bits per heavy atom. The Kier molecular flexibility index (Phi) is 7.09. The van der Waals surface area contributed by atoms with Crippen LogP contribution in [0.5, 0.6) is 0 Å². The molecule has 0 aliphatic rings. The summed E-state index contributed by atoms with van der Waals surface area (Å²) in [7, 11) is 1.35. The summed E-state index contributed by atoms with van der Waals surface area (Å²) >= 11 is 0. The number of rotatable bonds is 6. The number of hydroxylamine groups is 1. The number of nitrogens with one attached hydrogen (secondary N) is 2. The van der Waals surface area contributed by atoms with E-state index in [0.717, 1.165) is 11.6 Å². The maximum atomic E-state index is 11.5. The molecule has 0 atom stereocenters. The van der Waals surface area contributed by atoms with E-state index in [-0.39, 0.29) is 12.5 Å². The number of carbonyl (C=O) groups excluding carboxylic acids is 2. The van der Waals surface area contributed by atoms with E-state index in [1.807, 2.05) is 30.3 Å². The maximum absolute atomic E-state index is 11.5. The molecule has 1 aromatic rings. The van der Waals surface area contributed by atoms with Crippen molar-refractivity contribution in [3.8, 4) is 0 Å². The van der Waals surface area contributed by atoms with E-state index >= 15 is 0 Å². The van der Waals surface area contributed by atoms with Crippen molar-refractivity contribution in [2.24, 2.45) is 0 Å². The number of hydrogen-bond acceptors (Lipinski definition) is 5. The zero-order valence-electron chi connectivity index (χ0n) is 11.4. The smallest absolute Gasteiger partial charge is 0.414 e. The quantitative estimate of drug-likeness (QED) is 0.242. The zero-order valence-corrected chi connectivity index (χ0v) is 11.4. The summed E-state index contributed by atoms with van der Waals surface area (Å²) in [5.41, 5.74) is 2.28. The first-order valence-electron chi connectivity index (χ1n) is 6.00. The third-order valence-electron chi connectivity index (χ3n) is 2.26. The lowest BCUT2D eigenvalue weighted by molar-refractivity contribution is -0.124. The fourth-order valence-corrected chi connectivity index (χ4v) is 1.28. The van der Waals surface area contributed by atoms with Gasteiger partial charge in [-0.3, -0.25) is 15.3 Å². The molecule has 0 unspecified atom stereocenters. The highest BCUT2D eigenvalue weighted by molar-refractivity contribution is 5.86. The lowest BCUT2D eigenvalue weighted by Crippen LogP contribution is -2.24. The van der Waals surface area contributed by atoms with Crippen LogP contribution in [-0.4, -0.2) is 24.3 Å². The molecule has 0 bridgehead atoms. The fourth-order valence-electron chi connectivity index (χ4n) is 1.28. The van der Waals surface area contributed by atoms with Crippen molar-refractivity contribution in [3.05, 3.63) is 60.0 Å². The molecule has 0 saturated carbocycles. The molecular formula is C14H16N2O5. The molecule has 0 fully saturated rings. The minimum Gasteiger partial charge on any atom is -0.482 e. The number of methoxy groups -OCH3 is 1. The van der Waals surface area contributed by atoms with Gasteiger partial charge in [-0.2, -0.15) is 0 Å². The maximum Gasteiger partial charge on any atom is 0.414 e. The Balaban J connectivity index is 2.45. The molecule has 0 aliphatic heterocycles. The van der Waals surface area contributed by atoms with Gasteiger partial charge in [0.1, 0.15) is 6.61 Å². The van der Waals surface area contributed by atoms with Gasteiger partial charge < -0.3 is 9.47 Å². The van der Waals surface area contributed by atoms with Crippen molar-refractivity contribution in [2.45, 2.75) is 6.61 Å². The normalized spacial score (nSPS) is 11.0. The number of amides is 2. The largest absolute Gasteiger partial charge is 0.482 e. The molecule has 7 nitrogen and oxygen atoms in total. The third-order valence-corrected chi connectivity index (χ3v) is 2.26. The van der Waals surface area contributed by atoms with E-state index in [9.17, 15) is 9.59 Å². The summed E-state index contributed by atoms with van der Waals surface area (Å²) < 4.78 is 9.89. The van der Waals surface area contributed by atoms with Crippen LogP contribution in [0.15, 0.2) is 54.4 Å². The first-order chi connectivity index (χ1) is 10.2. The van der Waals surface area contributed by atoms with Gasteiger partial charge in [0, 0.05) is 6.08 Å². The van der Waals surface area contributed by atoms with Gasteiger partial charge in [0.2, 0.25) is 0 Å². The molecule has 0 radical (unpaired) electrons. The Morgan fingerprint density at radius 2 is 2.00 bits per heavy atom. The monoisotopic (exact) mass is 292 g/mol. The second-order valence-corrected chi connectivity index (χ2v) is 3.76. The summed E-state index contributed by atoms with van der Waals surface area (Å²) in [5, 5.41) is 10.6. The summed E-state index contributed by atoms with van der Waals surface area (Å²) in [5.74, 6) is -0.608. The molecule has 1 aromatic carbocycles. The molecular weight excluding hydrogens is 276 g/mol. The zero-order chi connectivity index (χ0) is 15.5. The highest BCUT2D eigenvalue weighted by atomic mass is 16.6. The second kappa shape index (κ2) is 9.16. The molecule has 0 saturated heterocycles. The molecule has 112 valence electrons. The number of alkyl carbamates (subject to hydrolysis) is 1. The van der Waals surface area contributed by atoms with Crippen LogP contribution < -0.4 is 10.8 Å². The third kappa shape index (κ3) is 6.79. The van der Waals surface area contributed by atoms with E-state index in [1.165, 1.54) is 24.7 Å². The Morgan fingerprint density at radius 1 is 1.29 bits per heavy atom. The van der Waals surface area contributed by atoms with Crippen LogP contribution in [0.25, 0.3) is 0 Å². The minimum absolute atomic E-state index is 0.0926. The molecule has 7 heteroatoms. The van der Waals surface area contributed by atoms with Crippen LogP contribution in [0.2, 0.25) is 0 Å². The van der Waals surface area contributed by atoms with Crippen LogP contribution >= 0.6 is 0 Å². The van der Waals surface area contributed by atoms with Crippen molar-refractivity contribution in [1.29, 1.82) is 0 Å². The van der Waals surface area contributed by atoms with E-state index in [4.69, 9.17) is 14.7 Å². The van der Waals surface area contributed by atoms with Crippen LogP contribution in [0.4, 0.5) is 4.79 Å². The highest BCUT2D eigenvalue weighted by Gasteiger charge is 2.05. The topological polar surface area (TPSA) is 96.9 Å². The van der Waals surface area contributed by atoms with Gasteiger partial charge in [-0.25, -0.2) is 10.3 Å². The number of hydrogen-bond donors (Lipinski definition) is 3. The number of benzene rings is 1. The van der Waals surface area contributed by atoms with Gasteiger partial charge in [0.05, 0.1) is 7.11 Å². The minimum atomic E-state index is -0.701. The number of carbonyl (C=O) groups is 2. The van der Waals surface area contributed by atoms with Crippen LogP contribution in [0.1, 0.15) is 5.56 Å². The van der Waals surface area contributed by atoms with Crippen molar-refractivity contribution in [2.75, 3.05) is 7.11 Å². The number of ether oxygens (including phenoxy) is 2. The molecule has 0 aromatic heterocycles. The molecule has 21 heavy (non-hydrogen) atoms. The Bertz CT molecular complexity index is 525. The van der Waals surface area contributed by atoms with Gasteiger partial charge in [-0.05, 0) is 11.6 Å². The lowest BCUT2D eigenvalue weighted by atomic mass is 10.2. The van der Waals surface area contributed by atoms with Crippen LogP contribution in [0, 0.1) is 0 Å². The van der Waals surface area contributed by atoms with E-state index in [0.29, 0.717) is 0 Å². The Hall–Kier alpha value is -2.80. The van der Waals surface area contributed by atoms with Crippen molar-refractivity contribution in [3.63, 3.8) is 0 Å². The van der Waals surface area contributed by atoms with Gasteiger partial charge in [-0.1, -0.05) is 36.4 Å². The van der Waals surface area contributed by atoms with E-state index < -0.39 is 12.0 Å². The van der Waals surface area contributed by atoms with Crippen molar-refractivity contribution >= 4 is 12.0 Å². The van der Waals surface area contributed by atoms with Gasteiger partial charge >= 0.3 is 6.09 Å². The molecule has 0 aliphatic carbocycles. The predicted octanol–water partition coefficient (Wildman–Crippen LogP) is 1.46. The van der Waals surface area contributed by atoms with Crippen LogP contribution in [-0.2, 0) is 20.9 Å². The van der Waals surface area contributed by atoms with E-state index in [2.05, 4.69) is 5.32 Å². The van der Waals surface area contributed by atoms with Gasteiger partial charge in [0.25, 0.3) is 5.91 Å². The first-order valence-corrected chi connectivity index (χ1v) is 6.00. The lowest BCUT2D eigenvalue weighted by Gasteiger charge is -2.08. The number of allylic oxidation sites excluding steroid dienone is 2. The summed E-state index contributed by atoms with van der Waals surface area (Å²) in [4.78, 5) is 22.3. The molecule has 0 heterocycles. The van der Waals surface area contributed by atoms with Crippen molar-refractivity contribution in [1.82, 2.24) is 10.8 Å². The SMILES string of the molecule is CO/C(=C\C=C\C(=O)NO)NC(=O)OCc1ccccc1. The summed E-state index contributed by atoms with van der Waals surface area (Å²) in [6.45, 7) is 0.131. The second-order valence-electron chi connectivity index (χ2n) is 3.76. The molecule has 1 rings (SSSR count). The van der Waals surface area contributed by atoms with Crippen LogP contribution in [0.3, 0.4) is 0 Å². The fraction of sp³-hybridized carbons (Fsp3) is 0.143. The van der Waals surface area contributed by atoms with E-state index in [1.54, 1.807) is 0 Å².